The minimum Gasteiger partial charge on any atom is -1.00 e. The second-order valence-electron chi connectivity index (χ2n) is 4.07. The fourth-order valence-electron chi connectivity index (χ4n) is 1.90. The molecule has 0 saturated carbocycles. The monoisotopic (exact) mass is 282 g/mol. The molecule has 0 saturated heterocycles. The lowest BCUT2D eigenvalue weighted by Gasteiger charge is -2.23. The first kappa shape index (κ1) is 17.0. The molecule has 0 atom stereocenters. The molecule has 0 aromatic carbocycles. The van der Waals surface area contributed by atoms with E-state index in [2.05, 4.69) is 22.7 Å². The summed E-state index contributed by atoms with van der Waals surface area (Å²) in [5, 5.41) is 0. The molecule has 0 aromatic heterocycles. The third kappa shape index (κ3) is 5.03. The lowest BCUT2D eigenvalue weighted by atomic mass is 10.5. The van der Waals surface area contributed by atoms with Gasteiger partial charge in [0.2, 0.25) is 0 Å². The van der Waals surface area contributed by atoms with Gasteiger partial charge in [-0.25, -0.2) is 9.48 Å². The third-order valence-corrected chi connectivity index (χ3v) is 5.77. The normalized spacial score (nSPS) is 16.8. The van der Waals surface area contributed by atoms with Gasteiger partial charge in [0.25, 0.3) is 0 Å². The molecule has 0 fully saturated rings. The van der Waals surface area contributed by atoms with Crippen molar-refractivity contribution in [3.8, 4) is 0 Å². The Bertz CT molecular complexity index is 241. The molecule has 0 N–H and O–H groups in total. The highest BCUT2D eigenvalue weighted by Crippen LogP contribution is 2.14. The summed E-state index contributed by atoms with van der Waals surface area (Å²) in [7, 11) is 4.74. The summed E-state index contributed by atoms with van der Waals surface area (Å²) in [4.78, 5) is 2.27. The van der Waals surface area contributed by atoms with E-state index in [1.807, 2.05) is 0 Å². The second-order valence-corrected chi connectivity index (χ2v) is 7.16. The zero-order chi connectivity index (χ0) is 12.0. The standard InChI is InChI=1S/C10H23N2O3Si.ClH/c1-11-7-8-12(10-11)6-5-9-16(13-2,14-3)15-4;/h8H,5-7,9-10H2,1-4H3;1H/q+1;/p-1. The lowest BCUT2D eigenvalue weighted by Crippen LogP contribution is -3.00. The molecule has 0 unspecified atom stereocenters. The van der Waals surface area contributed by atoms with Gasteiger partial charge in [-0.15, -0.1) is 0 Å². The zero-order valence-electron chi connectivity index (χ0n) is 11.1. The van der Waals surface area contributed by atoms with Crippen molar-refractivity contribution in [2.75, 3.05) is 48.1 Å². The van der Waals surface area contributed by atoms with Gasteiger partial charge < -0.3 is 25.7 Å². The first-order chi connectivity index (χ1) is 7.65. The van der Waals surface area contributed by atoms with Gasteiger partial charge in [-0.1, -0.05) is 0 Å². The van der Waals surface area contributed by atoms with Crippen LogP contribution >= 0.6 is 0 Å². The van der Waals surface area contributed by atoms with E-state index in [9.17, 15) is 0 Å². The van der Waals surface area contributed by atoms with Gasteiger partial charge in [-0.05, 0) is 7.05 Å². The second kappa shape index (κ2) is 8.18. The molecule has 1 aliphatic heterocycles. The van der Waals surface area contributed by atoms with Crippen LogP contribution in [0, 0.1) is 0 Å². The number of hydrogen-bond acceptors (Lipinski definition) is 4. The Morgan fingerprint density at radius 3 is 2.24 bits per heavy atom. The van der Waals surface area contributed by atoms with Crippen LogP contribution in [0.4, 0.5) is 0 Å². The van der Waals surface area contributed by atoms with Crippen LogP contribution in [-0.4, -0.2) is 72.6 Å². The smallest absolute Gasteiger partial charge is 0.500 e. The first-order valence-electron chi connectivity index (χ1n) is 5.57. The largest absolute Gasteiger partial charge is 1.00 e. The first-order valence-corrected chi connectivity index (χ1v) is 7.50. The molecule has 102 valence electrons. The Kier molecular flexibility index (Phi) is 8.19. The Balaban J connectivity index is 0.00000256. The van der Waals surface area contributed by atoms with Crippen molar-refractivity contribution in [2.24, 2.45) is 0 Å². The van der Waals surface area contributed by atoms with Crippen molar-refractivity contribution < 1.29 is 30.3 Å². The van der Waals surface area contributed by atoms with Crippen molar-refractivity contribution in [1.82, 2.24) is 4.90 Å². The van der Waals surface area contributed by atoms with E-state index >= 15 is 0 Å². The maximum atomic E-state index is 5.38. The molecule has 0 bridgehead atoms. The highest BCUT2D eigenvalue weighted by molar-refractivity contribution is 6.60. The molecule has 0 amide bonds. The summed E-state index contributed by atoms with van der Waals surface area (Å²) in [6.45, 7) is 3.10. The van der Waals surface area contributed by atoms with Crippen molar-refractivity contribution in [2.45, 2.75) is 12.5 Å². The van der Waals surface area contributed by atoms with Gasteiger partial charge in [-0.2, -0.15) is 0 Å². The zero-order valence-corrected chi connectivity index (χ0v) is 12.9. The Hall–Kier alpha value is 0.0169. The highest BCUT2D eigenvalue weighted by Gasteiger charge is 2.37. The van der Waals surface area contributed by atoms with Gasteiger partial charge in [-0.3, -0.25) is 0 Å². The van der Waals surface area contributed by atoms with E-state index in [0.29, 0.717) is 0 Å². The predicted molar refractivity (Wildman–Crippen MR) is 64.9 cm³/mol. The predicted octanol–water partition coefficient (Wildman–Crippen LogP) is -2.76. The molecule has 17 heavy (non-hydrogen) atoms. The van der Waals surface area contributed by atoms with Crippen LogP contribution in [-0.2, 0) is 13.3 Å². The van der Waals surface area contributed by atoms with Gasteiger partial charge >= 0.3 is 8.80 Å². The van der Waals surface area contributed by atoms with Gasteiger partial charge in [0, 0.05) is 33.8 Å². The van der Waals surface area contributed by atoms with Crippen LogP contribution in [0.25, 0.3) is 0 Å². The van der Waals surface area contributed by atoms with Gasteiger partial charge in [0.05, 0.1) is 6.54 Å². The fourth-order valence-corrected chi connectivity index (χ4v) is 3.60. The van der Waals surface area contributed by atoms with Crippen molar-refractivity contribution in [3.63, 3.8) is 0 Å². The third-order valence-electron chi connectivity index (χ3n) is 2.94. The Labute approximate surface area is 111 Å². The van der Waals surface area contributed by atoms with Crippen LogP contribution in [0.1, 0.15) is 6.42 Å². The molecule has 7 heteroatoms. The summed E-state index contributed by atoms with van der Waals surface area (Å²) < 4.78 is 18.5. The van der Waals surface area contributed by atoms with Crippen LogP contribution in [0.3, 0.4) is 0 Å². The summed E-state index contributed by atoms with van der Waals surface area (Å²) in [6, 6.07) is 0.866. The highest BCUT2D eigenvalue weighted by atomic mass is 35.5. The van der Waals surface area contributed by atoms with E-state index in [0.717, 1.165) is 32.2 Å². The van der Waals surface area contributed by atoms with Crippen LogP contribution in [0.5, 0.6) is 0 Å². The molecule has 5 nitrogen and oxygen atoms in total. The molecule has 1 rings (SSSR count). The molecule has 1 aliphatic rings. The summed E-state index contributed by atoms with van der Waals surface area (Å²) in [6.07, 6.45) is 3.27. The molecule has 0 aliphatic carbocycles. The lowest BCUT2D eigenvalue weighted by molar-refractivity contribution is -0.531. The van der Waals surface area contributed by atoms with E-state index < -0.39 is 8.80 Å². The minimum atomic E-state index is -2.36. The Morgan fingerprint density at radius 1 is 1.24 bits per heavy atom. The van der Waals surface area contributed by atoms with Crippen LogP contribution < -0.4 is 12.4 Å². The number of nitrogens with zero attached hydrogens (tertiary/aromatic N) is 2. The van der Waals surface area contributed by atoms with E-state index in [-0.39, 0.29) is 12.4 Å². The minimum absolute atomic E-state index is 0. The summed E-state index contributed by atoms with van der Waals surface area (Å²) in [5.74, 6) is 0. The molecule has 0 spiro atoms. The van der Waals surface area contributed by atoms with Crippen LogP contribution in [0.2, 0.25) is 6.04 Å². The molecular weight excluding hydrogens is 260 g/mol. The van der Waals surface area contributed by atoms with E-state index in [1.165, 1.54) is 0 Å². The fraction of sp³-hybridized carbons (Fsp3) is 0.900. The number of rotatable bonds is 7. The molecule has 0 aromatic rings. The summed E-state index contributed by atoms with van der Waals surface area (Å²) >= 11 is 0. The Morgan fingerprint density at radius 2 is 1.82 bits per heavy atom. The van der Waals surface area contributed by atoms with Crippen LogP contribution in [0.15, 0.2) is 0 Å². The summed E-state index contributed by atoms with van der Waals surface area (Å²) in [5.41, 5.74) is 0. The maximum absolute atomic E-state index is 5.38. The topological polar surface area (TPSA) is 33.9 Å². The van der Waals surface area contributed by atoms with E-state index in [1.54, 1.807) is 21.3 Å². The number of hydrogen-bond donors (Lipinski definition) is 0. The number of halogens is 1. The molecule has 1 heterocycles. The molecular formula is C10H23ClN2O3Si. The van der Waals surface area contributed by atoms with Crippen molar-refractivity contribution in [3.05, 3.63) is 0 Å². The van der Waals surface area contributed by atoms with Gasteiger partial charge in [0.15, 0.2) is 12.9 Å². The van der Waals surface area contributed by atoms with E-state index in [4.69, 9.17) is 13.3 Å². The van der Waals surface area contributed by atoms with Gasteiger partial charge in [0.1, 0.15) is 6.54 Å². The van der Waals surface area contributed by atoms with Crippen molar-refractivity contribution >= 4 is 15.0 Å². The quantitative estimate of drug-likeness (QED) is 0.374. The average molecular weight is 283 g/mol. The average Bonchev–Trinajstić information content (AvgIpc) is 2.71. The molecule has 0 radical (unpaired) electrons. The maximum Gasteiger partial charge on any atom is 0.500 e. The SMILES string of the molecule is CO[Si](CCC[N+]1=CCN(C)C1)(OC)OC.[Cl-]. The van der Waals surface area contributed by atoms with Crippen molar-refractivity contribution in [1.29, 1.82) is 0 Å².